The van der Waals surface area contributed by atoms with Gasteiger partial charge in [-0.25, -0.2) is 0 Å². The van der Waals surface area contributed by atoms with Crippen molar-refractivity contribution >= 4 is 39.6 Å². The lowest BCUT2D eigenvalue weighted by atomic mass is 9.63. The molecule has 0 radical (unpaired) electrons. The molecule has 0 unspecified atom stereocenters. The number of non-ortho nitro benzene ring substituents is 1. The number of hydrogen-bond acceptors (Lipinski definition) is 6. The van der Waals surface area contributed by atoms with Gasteiger partial charge in [-0.3, -0.25) is 19.7 Å². The molecule has 1 aliphatic heterocycles. The molecule has 3 aliphatic carbocycles. The minimum atomic E-state index is -0.474. The third kappa shape index (κ3) is 2.92. The highest BCUT2D eigenvalue weighted by Gasteiger charge is 2.56. The maximum absolute atomic E-state index is 12.8. The van der Waals surface area contributed by atoms with Crippen LogP contribution in [0.5, 0.6) is 0 Å². The first kappa shape index (κ1) is 18.9. The monoisotopic (exact) mass is 469 g/mol. The van der Waals surface area contributed by atoms with Crippen molar-refractivity contribution in [2.75, 3.05) is 0 Å². The van der Waals surface area contributed by atoms with Crippen LogP contribution in [-0.4, -0.2) is 28.0 Å². The van der Waals surface area contributed by atoms with Crippen molar-refractivity contribution in [3.8, 4) is 11.3 Å². The first-order valence-corrected chi connectivity index (χ1v) is 10.4. The topological polar surface area (TPSA) is 106 Å². The molecule has 4 aliphatic rings. The van der Waals surface area contributed by atoms with Crippen molar-refractivity contribution in [3.63, 3.8) is 0 Å². The summed E-state index contributed by atoms with van der Waals surface area (Å²) in [5.41, 5.74) is 0.609. The van der Waals surface area contributed by atoms with E-state index in [-0.39, 0.29) is 41.2 Å². The van der Waals surface area contributed by atoms with Crippen molar-refractivity contribution in [3.05, 3.63) is 62.8 Å². The van der Waals surface area contributed by atoms with Crippen LogP contribution in [0.1, 0.15) is 18.6 Å². The van der Waals surface area contributed by atoms with Gasteiger partial charge in [-0.05, 0) is 58.8 Å². The van der Waals surface area contributed by atoms with Gasteiger partial charge >= 0.3 is 0 Å². The molecular weight excluding hydrogens is 454 g/mol. The van der Waals surface area contributed by atoms with Crippen molar-refractivity contribution in [1.82, 2.24) is 5.01 Å². The highest BCUT2D eigenvalue weighted by molar-refractivity contribution is 9.10. The maximum atomic E-state index is 12.8. The number of allylic oxidation sites excluding steroid dienone is 2. The zero-order valence-electron chi connectivity index (χ0n) is 15.6. The second-order valence-electron chi connectivity index (χ2n) is 7.70. The van der Waals surface area contributed by atoms with Crippen LogP contribution in [0.3, 0.4) is 0 Å². The van der Waals surface area contributed by atoms with E-state index < -0.39 is 4.92 Å². The van der Waals surface area contributed by atoms with E-state index in [0.717, 1.165) is 17.9 Å². The van der Waals surface area contributed by atoms with Crippen LogP contribution in [0.25, 0.3) is 11.3 Å². The molecule has 152 valence electrons. The first-order valence-electron chi connectivity index (χ1n) is 9.58. The maximum Gasteiger partial charge on any atom is 0.270 e. The lowest BCUT2D eigenvalue weighted by Crippen LogP contribution is -2.38. The number of imide groups is 1. The van der Waals surface area contributed by atoms with E-state index in [4.69, 9.17) is 4.42 Å². The fraction of sp³-hybridized carbons (Fsp3) is 0.286. The highest BCUT2D eigenvalue weighted by Crippen LogP contribution is 2.49. The smallest absolute Gasteiger partial charge is 0.270 e. The molecule has 30 heavy (non-hydrogen) atoms. The number of hydrogen-bond donors (Lipinski definition) is 0. The fourth-order valence-corrected chi connectivity index (χ4v) is 5.23. The normalized spacial score (nSPS) is 27.3. The Morgan fingerprint density at radius 1 is 1.10 bits per heavy atom. The number of halogens is 1. The van der Waals surface area contributed by atoms with Crippen LogP contribution in [0.15, 0.2) is 56.5 Å². The van der Waals surface area contributed by atoms with Crippen LogP contribution in [-0.2, 0) is 9.59 Å². The summed E-state index contributed by atoms with van der Waals surface area (Å²) in [5, 5.41) is 16.0. The molecule has 2 heterocycles. The molecule has 1 aromatic carbocycles. The van der Waals surface area contributed by atoms with Crippen molar-refractivity contribution in [2.45, 2.75) is 12.8 Å². The van der Waals surface area contributed by atoms with Gasteiger partial charge in [0.15, 0.2) is 0 Å². The first-order chi connectivity index (χ1) is 14.4. The molecule has 2 aromatic rings. The molecule has 1 aromatic heterocycles. The number of furan rings is 1. The highest BCUT2D eigenvalue weighted by atomic mass is 79.9. The Kier molecular flexibility index (Phi) is 4.43. The van der Waals surface area contributed by atoms with Gasteiger partial charge in [-0.1, -0.05) is 12.2 Å². The van der Waals surface area contributed by atoms with Gasteiger partial charge in [-0.2, -0.15) is 10.1 Å². The van der Waals surface area contributed by atoms with Gasteiger partial charge in [0.05, 0.1) is 23.0 Å². The van der Waals surface area contributed by atoms with Gasteiger partial charge < -0.3 is 4.42 Å². The minimum absolute atomic E-state index is 0.0325. The van der Waals surface area contributed by atoms with Gasteiger partial charge in [0, 0.05) is 22.2 Å². The van der Waals surface area contributed by atoms with E-state index in [1.54, 1.807) is 18.2 Å². The summed E-state index contributed by atoms with van der Waals surface area (Å²) in [7, 11) is 0. The molecule has 9 heteroatoms. The third-order valence-electron chi connectivity index (χ3n) is 6.09. The Morgan fingerprint density at radius 2 is 1.77 bits per heavy atom. The molecular formula is C21H16BrN3O5. The number of hydrazone groups is 1. The number of carbonyl (C=O) groups is 2. The van der Waals surface area contributed by atoms with Crippen molar-refractivity contribution in [2.24, 2.45) is 28.8 Å². The van der Waals surface area contributed by atoms with Crippen LogP contribution >= 0.6 is 15.9 Å². The second kappa shape index (κ2) is 7.02. The van der Waals surface area contributed by atoms with Crippen molar-refractivity contribution < 1.29 is 18.9 Å². The van der Waals surface area contributed by atoms with Crippen LogP contribution in [0, 0.1) is 33.8 Å². The number of nitro groups is 1. The zero-order valence-corrected chi connectivity index (χ0v) is 17.2. The summed E-state index contributed by atoms with van der Waals surface area (Å²) in [6.07, 6.45) is 7.35. The summed E-state index contributed by atoms with van der Waals surface area (Å²) in [6.45, 7) is 0. The number of rotatable bonds is 4. The molecule has 6 rings (SSSR count). The largest absolute Gasteiger partial charge is 0.455 e. The average Bonchev–Trinajstić information content (AvgIpc) is 3.31. The van der Waals surface area contributed by atoms with Gasteiger partial charge in [0.1, 0.15) is 11.5 Å². The van der Waals surface area contributed by atoms with Crippen LogP contribution in [0.2, 0.25) is 0 Å². The summed E-state index contributed by atoms with van der Waals surface area (Å²) in [5.74, 6) is -0.0172. The minimum Gasteiger partial charge on any atom is -0.455 e. The van der Waals surface area contributed by atoms with Crippen LogP contribution in [0.4, 0.5) is 5.69 Å². The fourth-order valence-electron chi connectivity index (χ4n) is 4.67. The summed E-state index contributed by atoms with van der Waals surface area (Å²) >= 11 is 3.32. The van der Waals surface area contributed by atoms with E-state index in [2.05, 4.69) is 33.2 Å². The van der Waals surface area contributed by atoms with Gasteiger partial charge in [-0.15, -0.1) is 0 Å². The lowest BCUT2D eigenvalue weighted by Gasteiger charge is -2.37. The number of nitro benzene ring substituents is 1. The van der Waals surface area contributed by atoms with E-state index in [0.29, 0.717) is 21.6 Å². The molecule has 4 atom stereocenters. The number of nitrogens with zero attached hydrogens (tertiary/aromatic N) is 3. The van der Waals surface area contributed by atoms with E-state index in [1.165, 1.54) is 18.3 Å². The number of carbonyl (C=O) groups excluding carboxylic acids is 2. The summed E-state index contributed by atoms with van der Waals surface area (Å²) in [4.78, 5) is 36.0. The molecule has 2 bridgehead atoms. The molecule has 1 saturated heterocycles. The Morgan fingerprint density at radius 3 is 2.33 bits per heavy atom. The van der Waals surface area contributed by atoms with E-state index in [9.17, 15) is 19.7 Å². The number of fused-ring (bicyclic) bond motifs is 1. The predicted octanol–water partition coefficient (Wildman–Crippen LogP) is 4.15. The Labute approximate surface area is 179 Å². The number of amides is 2. The quantitative estimate of drug-likeness (QED) is 0.220. The van der Waals surface area contributed by atoms with Crippen molar-refractivity contribution in [1.29, 1.82) is 0 Å². The zero-order chi connectivity index (χ0) is 21.0. The Hall–Kier alpha value is -3.07. The van der Waals surface area contributed by atoms with Gasteiger partial charge in [0.25, 0.3) is 17.5 Å². The predicted molar refractivity (Wildman–Crippen MR) is 110 cm³/mol. The molecule has 8 nitrogen and oxygen atoms in total. The summed E-state index contributed by atoms with van der Waals surface area (Å²) in [6, 6.07) is 7.74. The molecule has 2 fully saturated rings. The number of benzene rings is 1. The average molecular weight is 470 g/mol. The Balaban J connectivity index is 1.36. The summed E-state index contributed by atoms with van der Waals surface area (Å²) < 4.78 is 6.26. The SMILES string of the molecule is O=C1[C@@H]2[C@H](C(=O)N1/N=C\c1ccc(-c3ccc([N+](=O)[O-])cc3Br)o1)[C@@H]1C=C[C@H]2CC1. The Bertz CT molecular complexity index is 1110. The van der Waals surface area contributed by atoms with E-state index in [1.807, 2.05) is 0 Å². The molecule has 1 saturated carbocycles. The molecule has 2 amide bonds. The van der Waals surface area contributed by atoms with E-state index >= 15 is 0 Å². The standard InChI is InChI=1S/C21H16BrN3O5/c22-16-9-13(25(28)29)5-7-15(16)17-8-6-14(30-17)10-23-24-20(26)18-11-1-2-12(4-3-11)19(18)21(24)27/h1-2,5-12,18-19H,3-4H2/b23-10-/t11-,12+,18-,19+. The second-order valence-corrected chi connectivity index (χ2v) is 8.55. The third-order valence-corrected chi connectivity index (χ3v) is 6.75. The van der Waals surface area contributed by atoms with Crippen LogP contribution < -0.4 is 0 Å². The van der Waals surface area contributed by atoms with Gasteiger partial charge in [0.2, 0.25) is 0 Å². The molecule has 0 N–H and O–H groups in total. The molecule has 0 spiro atoms. The lowest BCUT2D eigenvalue weighted by molar-refractivity contribution is -0.384.